The molecule has 0 nitrogen and oxygen atoms in total. The molecule has 0 aromatic rings. The van der Waals surface area contributed by atoms with Crippen LogP contribution in [0.2, 0.25) is 0 Å². The Kier molecular flexibility index (Phi) is 4.65. The zero-order chi connectivity index (χ0) is 7.98. The molecule has 0 unspecified atom stereocenters. The maximum absolute atomic E-state index is 3.76. The van der Waals surface area contributed by atoms with Crippen LogP contribution in [0.1, 0.15) is 20.3 Å². The molecular weight excluding hydrogens is 120 g/mol. The first-order chi connectivity index (χ1) is 4.66. The second-order valence-corrected chi connectivity index (χ2v) is 2.50. The Labute approximate surface area is 64.0 Å². The van der Waals surface area contributed by atoms with E-state index in [0.29, 0.717) is 0 Å². The molecule has 0 aromatic heterocycles. The van der Waals surface area contributed by atoms with E-state index in [9.17, 15) is 0 Å². The summed E-state index contributed by atoms with van der Waals surface area (Å²) in [5.41, 5.74) is 2.38. The van der Waals surface area contributed by atoms with E-state index >= 15 is 0 Å². The standard InChI is InChI=1S/C10H15/c1-5-10(4)8-6-7-9(2)3/h5-7H,1-2,8H2,3-4H3/b7-6+,10-5+. The van der Waals surface area contributed by atoms with Crippen molar-refractivity contribution in [3.05, 3.63) is 42.9 Å². The molecule has 0 spiro atoms. The summed E-state index contributed by atoms with van der Waals surface area (Å²) < 4.78 is 0. The number of allylic oxidation sites excluding steroid dienone is 5. The lowest BCUT2D eigenvalue weighted by molar-refractivity contribution is 1.21. The van der Waals surface area contributed by atoms with Crippen LogP contribution >= 0.6 is 0 Å². The van der Waals surface area contributed by atoms with Gasteiger partial charge in [-0.25, -0.2) is 0 Å². The van der Waals surface area contributed by atoms with Crippen molar-refractivity contribution in [3.8, 4) is 0 Å². The predicted octanol–water partition coefficient (Wildman–Crippen LogP) is 3.29. The summed E-state index contributed by atoms with van der Waals surface area (Å²) in [5.74, 6) is 0. The van der Waals surface area contributed by atoms with Crippen molar-refractivity contribution in [2.24, 2.45) is 0 Å². The summed E-state index contributed by atoms with van der Waals surface area (Å²) in [6, 6.07) is 0. The van der Waals surface area contributed by atoms with Crippen molar-refractivity contribution in [2.45, 2.75) is 20.3 Å². The molecule has 0 aromatic carbocycles. The maximum Gasteiger partial charge on any atom is -0.0138 e. The molecule has 0 bridgehead atoms. The van der Waals surface area contributed by atoms with Crippen molar-refractivity contribution >= 4 is 0 Å². The summed E-state index contributed by atoms with van der Waals surface area (Å²) in [7, 11) is 0. The van der Waals surface area contributed by atoms with Crippen LogP contribution in [0, 0.1) is 6.92 Å². The topological polar surface area (TPSA) is 0 Å². The van der Waals surface area contributed by atoms with Crippen LogP contribution < -0.4 is 0 Å². The largest absolute Gasteiger partial charge is 0.0961 e. The Balaban J connectivity index is 3.64. The molecule has 0 rings (SSSR count). The third-order valence-electron chi connectivity index (χ3n) is 1.19. The van der Waals surface area contributed by atoms with Gasteiger partial charge in [-0.2, -0.15) is 0 Å². The van der Waals surface area contributed by atoms with Crippen molar-refractivity contribution in [1.29, 1.82) is 0 Å². The van der Waals surface area contributed by atoms with E-state index < -0.39 is 0 Å². The average molecular weight is 135 g/mol. The van der Waals surface area contributed by atoms with Crippen LogP contribution in [-0.4, -0.2) is 0 Å². The van der Waals surface area contributed by atoms with Gasteiger partial charge in [0.25, 0.3) is 0 Å². The zero-order valence-electron chi connectivity index (χ0n) is 6.85. The number of hydrogen-bond donors (Lipinski definition) is 0. The average Bonchev–Trinajstić information content (AvgIpc) is 1.87. The summed E-state index contributed by atoms with van der Waals surface area (Å²) in [4.78, 5) is 0. The third kappa shape index (κ3) is 5.36. The van der Waals surface area contributed by atoms with Gasteiger partial charge in [-0.1, -0.05) is 36.0 Å². The lowest BCUT2D eigenvalue weighted by Crippen LogP contribution is -1.70. The van der Waals surface area contributed by atoms with Gasteiger partial charge in [-0.15, -0.1) is 0 Å². The minimum Gasteiger partial charge on any atom is -0.0961 e. The molecule has 0 heteroatoms. The van der Waals surface area contributed by atoms with Gasteiger partial charge in [0.2, 0.25) is 0 Å². The van der Waals surface area contributed by atoms with Crippen molar-refractivity contribution < 1.29 is 0 Å². The molecule has 0 amide bonds. The number of hydrogen-bond acceptors (Lipinski definition) is 0. The van der Waals surface area contributed by atoms with Crippen LogP contribution in [0.4, 0.5) is 0 Å². The van der Waals surface area contributed by atoms with Crippen LogP contribution in [0.15, 0.2) is 36.0 Å². The van der Waals surface area contributed by atoms with Crippen LogP contribution in [-0.2, 0) is 0 Å². The first kappa shape index (κ1) is 9.22. The SMILES string of the molecule is [CH2]/C=C(\C)C/C=C/C(=C)C. The van der Waals surface area contributed by atoms with Crippen LogP contribution in [0.25, 0.3) is 0 Å². The lowest BCUT2D eigenvalue weighted by atomic mass is 10.2. The van der Waals surface area contributed by atoms with Crippen molar-refractivity contribution in [2.75, 3.05) is 0 Å². The Morgan fingerprint density at radius 1 is 1.40 bits per heavy atom. The highest BCUT2D eigenvalue weighted by Crippen LogP contribution is 2.01. The van der Waals surface area contributed by atoms with Gasteiger partial charge in [0.05, 0.1) is 0 Å². The molecular formula is C10H15. The molecule has 0 fully saturated rings. The number of rotatable bonds is 3. The summed E-state index contributed by atoms with van der Waals surface area (Å²) >= 11 is 0. The van der Waals surface area contributed by atoms with E-state index in [4.69, 9.17) is 0 Å². The fourth-order valence-electron chi connectivity index (χ4n) is 0.529. The minimum atomic E-state index is 0.982. The molecule has 55 valence electrons. The minimum absolute atomic E-state index is 0.982. The Morgan fingerprint density at radius 2 is 2.00 bits per heavy atom. The fraction of sp³-hybridized carbons (Fsp3) is 0.300. The van der Waals surface area contributed by atoms with E-state index in [1.807, 2.05) is 19.1 Å². The molecule has 1 radical (unpaired) electrons. The highest BCUT2D eigenvalue weighted by molar-refractivity contribution is 5.14. The maximum atomic E-state index is 3.76. The van der Waals surface area contributed by atoms with Crippen LogP contribution in [0.5, 0.6) is 0 Å². The van der Waals surface area contributed by atoms with Gasteiger partial charge in [-0.3, -0.25) is 0 Å². The van der Waals surface area contributed by atoms with E-state index in [-0.39, 0.29) is 0 Å². The summed E-state index contributed by atoms with van der Waals surface area (Å²) in [6.45, 7) is 11.5. The zero-order valence-corrected chi connectivity index (χ0v) is 6.85. The second-order valence-electron chi connectivity index (χ2n) is 2.50. The molecule has 10 heavy (non-hydrogen) atoms. The van der Waals surface area contributed by atoms with E-state index in [2.05, 4.69) is 26.5 Å². The van der Waals surface area contributed by atoms with Gasteiger partial charge >= 0.3 is 0 Å². The molecule has 0 atom stereocenters. The molecule has 0 heterocycles. The highest BCUT2D eigenvalue weighted by Gasteiger charge is 1.80. The van der Waals surface area contributed by atoms with E-state index in [0.717, 1.165) is 12.0 Å². The molecule has 0 aliphatic rings. The normalized spacial score (nSPS) is 12.5. The van der Waals surface area contributed by atoms with Crippen molar-refractivity contribution in [1.82, 2.24) is 0 Å². The van der Waals surface area contributed by atoms with Gasteiger partial charge in [0.15, 0.2) is 0 Å². The Hall–Kier alpha value is -0.780. The van der Waals surface area contributed by atoms with E-state index in [1.165, 1.54) is 5.57 Å². The Bertz CT molecular complexity index is 159. The van der Waals surface area contributed by atoms with Crippen LogP contribution in [0.3, 0.4) is 0 Å². The first-order valence-corrected chi connectivity index (χ1v) is 3.43. The predicted molar refractivity (Wildman–Crippen MR) is 47.7 cm³/mol. The van der Waals surface area contributed by atoms with Crippen molar-refractivity contribution in [3.63, 3.8) is 0 Å². The fourth-order valence-corrected chi connectivity index (χ4v) is 0.529. The molecule has 0 aliphatic heterocycles. The van der Waals surface area contributed by atoms with Gasteiger partial charge in [0.1, 0.15) is 0 Å². The Morgan fingerprint density at radius 3 is 2.40 bits per heavy atom. The quantitative estimate of drug-likeness (QED) is 0.521. The van der Waals surface area contributed by atoms with Gasteiger partial charge in [0, 0.05) is 0 Å². The second kappa shape index (κ2) is 5.04. The summed E-state index contributed by atoms with van der Waals surface area (Å²) in [6.07, 6.45) is 6.98. The molecule has 0 saturated heterocycles. The molecule has 0 aliphatic carbocycles. The molecule has 0 saturated carbocycles. The monoisotopic (exact) mass is 135 g/mol. The summed E-state index contributed by atoms with van der Waals surface area (Å²) in [5, 5.41) is 0. The van der Waals surface area contributed by atoms with Gasteiger partial charge in [-0.05, 0) is 27.2 Å². The van der Waals surface area contributed by atoms with Gasteiger partial charge < -0.3 is 0 Å². The van der Waals surface area contributed by atoms with E-state index in [1.54, 1.807) is 0 Å². The lowest BCUT2D eigenvalue weighted by Gasteiger charge is -1.91. The molecule has 0 N–H and O–H groups in total. The third-order valence-corrected chi connectivity index (χ3v) is 1.19. The first-order valence-electron chi connectivity index (χ1n) is 3.43. The smallest absolute Gasteiger partial charge is 0.0138 e. The highest BCUT2D eigenvalue weighted by atomic mass is 13.9.